The molecule has 1 saturated carbocycles. The van der Waals surface area contributed by atoms with Gasteiger partial charge in [0.05, 0.1) is 11.9 Å². The third-order valence-corrected chi connectivity index (χ3v) is 6.02. The minimum atomic E-state index is -2.98. The summed E-state index contributed by atoms with van der Waals surface area (Å²) in [5.41, 5.74) is 2.28. The van der Waals surface area contributed by atoms with Crippen molar-refractivity contribution in [3.63, 3.8) is 0 Å². The molecule has 0 aliphatic heterocycles. The van der Waals surface area contributed by atoms with Crippen LogP contribution in [-0.4, -0.2) is 32.6 Å². The first-order valence-electron chi connectivity index (χ1n) is 8.06. The Balaban J connectivity index is 2.00. The Bertz CT molecular complexity index is 598. The fourth-order valence-corrected chi connectivity index (χ4v) is 4.65. The molecule has 22 heavy (non-hydrogen) atoms. The summed E-state index contributed by atoms with van der Waals surface area (Å²) in [5.74, 6) is 0.915. The average Bonchev–Trinajstić information content (AvgIpc) is 2.47. The van der Waals surface area contributed by atoms with E-state index in [1.54, 1.807) is 0 Å². The molecule has 4 nitrogen and oxygen atoms in total. The monoisotopic (exact) mass is 325 g/mol. The second-order valence-electron chi connectivity index (χ2n) is 6.17. The zero-order chi connectivity index (χ0) is 16.2. The summed E-state index contributed by atoms with van der Waals surface area (Å²) in [7, 11) is -2.98. The summed E-state index contributed by atoms with van der Waals surface area (Å²) in [6, 6.07) is 6.21. The fourth-order valence-electron chi connectivity index (χ4n) is 3.23. The summed E-state index contributed by atoms with van der Waals surface area (Å²) in [6.07, 6.45) is 5.19. The number of hydrogen-bond acceptors (Lipinski definition) is 4. The van der Waals surface area contributed by atoms with Gasteiger partial charge in [-0.05, 0) is 43.9 Å². The molecular formula is C17H27NO3S. The number of hydrogen-bond donors (Lipinski definition) is 1. The van der Waals surface area contributed by atoms with Gasteiger partial charge in [-0.2, -0.15) is 0 Å². The molecule has 0 unspecified atom stereocenters. The van der Waals surface area contributed by atoms with Crippen LogP contribution in [0.5, 0.6) is 5.75 Å². The van der Waals surface area contributed by atoms with Crippen LogP contribution >= 0.6 is 0 Å². The molecule has 0 spiro atoms. The van der Waals surface area contributed by atoms with Crippen LogP contribution in [0.2, 0.25) is 0 Å². The molecule has 0 saturated heterocycles. The van der Waals surface area contributed by atoms with E-state index in [-0.39, 0.29) is 11.3 Å². The number of benzene rings is 1. The molecule has 0 radical (unpaired) electrons. The van der Waals surface area contributed by atoms with Crippen molar-refractivity contribution in [2.75, 3.05) is 12.9 Å². The topological polar surface area (TPSA) is 55.4 Å². The first-order valence-corrected chi connectivity index (χ1v) is 10.0. The second-order valence-corrected chi connectivity index (χ2v) is 8.44. The Morgan fingerprint density at radius 3 is 2.64 bits per heavy atom. The first kappa shape index (κ1) is 17.3. The first-order chi connectivity index (χ1) is 10.4. The molecular weight excluding hydrogens is 298 g/mol. The van der Waals surface area contributed by atoms with E-state index >= 15 is 0 Å². The highest BCUT2D eigenvalue weighted by Gasteiger charge is 2.32. The van der Waals surface area contributed by atoms with Crippen molar-refractivity contribution in [3.05, 3.63) is 29.3 Å². The number of aryl methyl sites for hydroxylation is 1. The summed E-state index contributed by atoms with van der Waals surface area (Å²) in [6.45, 7) is 5.37. The fraction of sp³-hybridized carbons (Fsp3) is 0.647. The summed E-state index contributed by atoms with van der Waals surface area (Å²) in [4.78, 5) is 0. The Morgan fingerprint density at radius 1 is 1.27 bits per heavy atom. The predicted octanol–water partition coefficient (Wildman–Crippen LogP) is 2.84. The number of ether oxygens (including phenoxy) is 1. The van der Waals surface area contributed by atoms with Crippen molar-refractivity contribution in [2.45, 2.75) is 57.4 Å². The van der Waals surface area contributed by atoms with Gasteiger partial charge in [-0.25, -0.2) is 8.42 Å². The number of rotatable bonds is 6. The van der Waals surface area contributed by atoms with E-state index in [0.717, 1.165) is 37.0 Å². The van der Waals surface area contributed by atoms with Gasteiger partial charge in [0.25, 0.3) is 0 Å². The van der Waals surface area contributed by atoms with Crippen molar-refractivity contribution in [1.29, 1.82) is 0 Å². The lowest BCUT2D eigenvalue weighted by molar-refractivity contribution is 0.337. The van der Waals surface area contributed by atoms with Crippen molar-refractivity contribution >= 4 is 9.84 Å². The van der Waals surface area contributed by atoms with Crippen molar-refractivity contribution in [1.82, 2.24) is 5.32 Å². The zero-order valence-electron chi connectivity index (χ0n) is 13.8. The normalized spacial score (nSPS) is 22.5. The van der Waals surface area contributed by atoms with Crippen molar-refractivity contribution in [3.8, 4) is 5.75 Å². The molecule has 1 aromatic rings. The van der Waals surface area contributed by atoms with Gasteiger partial charge < -0.3 is 10.1 Å². The third-order valence-electron chi connectivity index (χ3n) is 4.36. The Labute approximate surface area is 134 Å². The molecule has 1 aromatic carbocycles. The van der Waals surface area contributed by atoms with Crippen molar-refractivity contribution < 1.29 is 13.2 Å². The minimum Gasteiger partial charge on any atom is -0.494 e. The molecule has 1 N–H and O–H groups in total. The van der Waals surface area contributed by atoms with E-state index in [1.165, 1.54) is 11.8 Å². The standard InChI is InChI=1S/C17H27NO3S/c1-4-21-16-10-9-14(11-13(16)2)12-18-15-7-5-6-8-17(15)22(3,19)20/h9-11,15,17-18H,4-8,12H2,1-3H3/t15-,17-/m1/s1. The Kier molecular flexibility index (Phi) is 5.87. The van der Waals surface area contributed by atoms with E-state index < -0.39 is 9.84 Å². The van der Waals surface area contributed by atoms with Crippen LogP contribution in [-0.2, 0) is 16.4 Å². The maximum Gasteiger partial charge on any atom is 0.151 e. The molecule has 124 valence electrons. The van der Waals surface area contributed by atoms with Gasteiger partial charge in [-0.15, -0.1) is 0 Å². The van der Waals surface area contributed by atoms with Crippen LogP contribution in [0.4, 0.5) is 0 Å². The van der Waals surface area contributed by atoms with E-state index in [0.29, 0.717) is 13.2 Å². The molecule has 1 aliphatic carbocycles. The van der Waals surface area contributed by atoms with E-state index in [4.69, 9.17) is 4.74 Å². The van der Waals surface area contributed by atoms with E-state index in [9.17, 15) is 8.42 Å². The molecule has 0 bridgehead atoms. The van der Waals surface area contributed by atoms with Crippen LogP contribution < -0.4 is 10.1 Å². The lowest BCUT2D eigenvalue weighted by Crippen LogP contribution is -2.45. The molecule has 0 aromatic heterocycles. The summed E-state index contributed by atoms with van der Waals surface area (Å²) >= 11 is 0. The highest BCUT2D eigenvalue weighted by atomic mass is 32.2. The van der Waals surface area contributed by atoms with Gasteiger partial charge in [-0.1, -0.05) is 25.0 Å². The lowest BCUT2D eigenvalue weighted by Gasteiger charge is -2.31. The third kappa shape index (κ3) is 4.46. The van der Waals surface area contributed by atoms with Gasteiger partial charge in [0, 0.05) is 18.8 Å². The van der Waals surface area contributed by atoms with E-state index in [1.807, 2.05) is 26.0 Å². The summed E-state index contributed by atoms with van der Waals surface area (Å²) in [5, 5.41) is 3.21. The quantitative estimate of drug-likeness (QED) is 0.874. The molecule has 5 heteroatoms. The molecule has 2 rings (SSSR count). The van der Waals surface area contributed by atoms with Gasteiger partial charge >= 0.3 is 0 Å². The molecule has 0 heterocycles. The number of nitrogens with one attached hydrogen (secondary N) is 1. The van der Waals surface area contributed by atoms with Gasteiger partial charge in [-0.3, -0.25) is 0 Å². The number of sulfone groups is 1. The maximum atomic E-state index is 11.9. The van der Waals surface area contributed by atoms with Gasteiger partial charge in [0.1, 0.15) is 5.75 Å². The second kappa shape index (κ2) is 7.47. The average molecular weight is 325 g/mol. The Morgan fingerprint density at radius 2 is 2.00 bits per heavy atom. The molecule has 2 atom stereocenters. The maximum absolute atomic E-state index is 11.9. The van der Waals surface area contributed by atoms with Crippen LogP contribution in [0.3, 0.4) is 0 Å². The molecule has 1 fully saturated rings. The summed E-state index contributed by atoms with van der Waals surface area (Å²) < 4.78 is 29.4. The minimum absolute atomic E-state index is 0.0654. The van der Waals surface area contributed by atoms with Crippen molar-refractivity contribution in [2.24, 2.45) is 0 Å². The predicted molar refractivity (Wildman–Crippen MR) is 90.1 cm³/mol. The van der Waals surface area contributed by atoms with Crippen LogP contribution in [0.25, 0.3) is 0 Å². The van der Waals surface area contributed by atoms with Crippen LogP contribution in [0, 0.1) is 6.92 Å². The zero-order valence-corrected chi connectivity index (χ0v) is 14.6. The van der Waals surface area contributed by atoms with Gasteiger partial charge in [0.2, 0.25) is 0 Å². The SMILES string of the molecule is CCOc1ccc(CN[C@@H]2CCCC[C@H]2S(C)(=O)=O)cc1C. The largest absolute Gasteiger partial charge is 0.494 e. The Hall–Kier alpha value is -1.07. The molecule has 0 amide bonds. The highest BCUT2D eigenvalue weighted by molar-refractivity contribution is 7.91. The van der Waals surface area contributed by atoms with E-state index in [2.05, 4.69) is 11.4 Å². The molecule has 1 aliphatic rings. The van der Waals surface area contributed by atoms with Crippen LogP contribution in [0.1, 0.15) is 43.7 Å². The lowest BCUT2D eigenvalue weighted by atomic mass is 9.94. The smallest absolute Gasteiger partial charge is 0.151 e. The van der Waals surface area contributed by atoms with Crippen LogP contribution in [0.15, 0.2) is 18.2 Å². The highest BCUT2D eigenvalue weighted by Crippen LogP contribution is 2.25. The van der Waals surface area contributed by atoms with Gasteiger partial charge in [0.15, 0.2) is 9.84 Å².